The molecule has 2 saturated heterocycles. The summed E-state index contributed by atoms with van der Waals surface area (Å²) in [5, 5.41) is 0. The molecule has 6 aliphatic rings. The minimum Gasteiger partial charge on any atom is -0.481 e. The molecule has 272 valence electrons. The van der Waals surface area contributed by atoms with E-state index in [0.29, 0.717) is 31.4 Å². The van der Waals surface area contributed by atoms with Gasteiger partial charge in [0.05, 0.1) is 59.5 Å². The maximum Gasteiger partial charge on any atom is 0.317 e. The molecule has 2 aliphatic carbocycles. The van der Waals surface area contributed by atoms with Crippen molar-refractivity contribution in [2.45, 2.75) is 25.7 Å². The van der Waals surface area contributed by atoms with Crippen LogP contribution in [0.25, 0.3) is 0 Å². The molecule has 0 saturated carbocycles. The van der Waals surface area contributed by atoms with Gasteiger partial charge < -0.3 is 19.9 Å². The molecule has 53 heavy (non-hydrogen) atoms. The third-order valence-electron chi connectivity index (χ3n) is 9.48. The van der Waals surface area contributed by atoms with E-state index in [0.717, 1.165) is 17.0 Å². The van der Waals surface area contributed by atoms with Crippen LogP contribution in [0.5, 0.6) is 11.5 Å². The lowest BCUT2D eigenvalue weighted by atomic mass is 9.85. The normalized spacial score (nSPS) is 23.4. The lowest BCUT2D eigenvalue weighted by molar-refractivity contribution is -0.153. The van der Waals surface area contributed by atoms with Crippen molar-refractivity contribution in [1.29, 1.82) is 0 Å². The smallest absolute Gasteiger partial charge is 0.317 e. The Kier molecular flexibility index (Phi) is 10.3. The van der Waals surface area contributed by atoms with Gasteiger partial charge in [-0.3, -0.25) is 38.6 Å². The Morgan fingerprint density at radius 1 is 0.642 bits per heavy atom. The molecule has 2 fully saturated rings. The summed E-state index contributed by atoms with van der Waals surface area (Å²) < 4.78 is 42.7. The first-order valence-electron chi connectivity index (χ1n) is 16.5. The number of nitrogens with two attached hydrogens (primary N) is 1. The lowest BCUT2D eigenvalue weighted by Gasteiger charge is -2.29. The maximum absolute atomic E-state index is 14.7. The molecule has 0 spiro atoms. The quantitative estimate of drug-likeness (QED) is 0.124. The molecule has 4 unspecified atom stereocenters. The zero-order chi connectivity index (χ0) is 38.0. The van der Waals surface area contributed by atoms with Gasteiger partial charge in [0.15, 0.2) is 19.0 Å². The van der Waals surface area contributed by atoms with Crippen LogP contribution >= 0.6 is 0 Å². The number of fused-ring (bicyclic) bond motifs is 4. The number of carbonyl (C=O) groups is 6. The summed E-state index contributed by atoms with van der Waals surface area (Å²) in [5.41, 5.74) is 5.88. The fourth-order valence-electron chi connectivity index (χ4n) is 6.77. The standard InChI is InChI=1S/C19H15FN2O4.C11H9FN2O2.C8H8O3/c1-2-7-21-15-9-14(13(20)8-16(15)26-10-17(21)23)22-18(24)11-5-3-4-6-12(11)19(22)25;1-2-3-14-9-5-8(13)7(12)4-10(9)16-6-11(14)15;9-7-5-3-1-2-4-6(5)8(10)11-7/h1,3-4,8-9,11-12H,5-7,10H2;1,4-5H,3,6,13H2;1-2,5-6H,3-4H2. The van der Waals surface area contributed by atoms with E-state index in [4.69, 9.17) is 28.1 Å². The largest absolute Gasteiger partial charge is 0.481 e. The van der Waals surface area contributed by atoms with Gasteiger partial charge in [-0.25, -0.2) is 13.7 Å². The number of rotatable bonds is 3. The lowest BCUT2D eigenvalue weighted by Crippen LogP contribution is -2.39. The van der Waals surface area contributed by atoms with E-state index in [-0.39, 0.29) is 90.5 Å². The van der Waals surface area contributed by atoms with Crippen molar-refractivity contribution in [3.8, 4) is 36.2 Å². The summed E-state index contributed by atoms with van der Waals surface area (Å²) >= 11 is 0. The Morgan fingerprint density at radius 2 is 1.08 bits per heavy atom. The minimum atomic E-state index is -0.757. The van der Waals surface area contributed by atoms with Crippen LogP contribution in [-0.2, 0) is 33.5 Å². The Morgan fingerprint density at radius 3 is 1.55 bits per heavy atom. The fourth-order valence-corrected chi connectivity index (χ4v) is 6.77. The molecule has 15 heteroatoms. The summed E-state index contributed by atoms with van der Waals surface area (Å²) in [6, 6.07) is 4.88. The third kappa shape index (κ3) is 6.93. The van der Waals surface area contributed by atoms with Crippen molar-refractivity contribution in [2.24, 2.45) is 23.7 Å². The number of amides is 4. The fraction of sp³-hybridized carbons (Fsp3) is 0.316. The Hall–Kier alpha value is -6.48. The van der Waals surface area contributed by atoms with Crippen LogP contribution < -0.4 is 29.9 Å². The van der Waals surface area contributed by atoms with Gasteiger partial charge in [0, 0.05) is 12.1 Å². The van der Waals surface area contributed by atoms with Gasteiger partial charge in [-0.1, -0.05) is 36.1 Å². The van der Waals surface area contributed by atoms with Crippen LogP contribution in [0.15, 0.2) is 48.6 Å². The molecule has 4 atom stereocenters. The number of cyclic esters (lactones) is 2. The zero-order valence-corrected chi connectivity index (χ0v) is 28.1. The molecule has 4 aliphatic heterocycles. The molecule has 4 heterocycles. The topological polar surface area (TPSA) is 166 Å². The van der Waals surface area contributed by atoms with E-state index >= 15 is 0 Å². The first-order chi connectivity index (χ1) is 25.4. The number of allylic oxidation sites excluding steroid dienone is 4. The Bertz CT molecular complexity index is 2020. The van der Waals surface area contributed by atoms with Gasteiger partial charge >= 0.3 is 11.9 Å². The van der Waals surface area contributed by atoms with Gasteiger partial charge in [-0.2, -0.15) is 0 Å². The summed E-state index contributed by atoms with van der Waals surface area (Å²) in [6.45, 7) is -0.291. The first kappa shape index (κ1) is 36.3. The van der Waals surface area contributed by atoms with E-state index < -0.39 is 35.3 Å². The number of carbonyl (C=O) groups excluding carboxylic acids is 6. The predicted molar refractivity (Wildman–Crippen MR) is 185 cm³/mol. The first-order valence-corrected chi connectivity index (χ1v) is 16.5. The van der Waals surface area contributed by atoms with Gasteiger partial charge in [-0.05, 0) is 37.8 Å². The number of nitrogen functional groups attached to an aromatic ring is 1. The third-order valence-corrected chi connectivity index (χ3v) is 9.48. The minimum absolute atomic E-state index is 0.0165. The molecule has 0 radical (unpaired) electrons. The van der Waals surface area contributed by atoms with Crippen LogP contribution in [-0.4, -0.2) is 61.9 Å². The van der Waals surface area contributed by atoms with Crippen molar-refractivity contribution in [3.63, 3.8) is 0 Å². The average Bonchev–Trinajstić information content (AvgIpc) is 3.58. The number of hydrogen-bond donors (Lipinski definition) is 1. The Labute approximate surface area is 302 Å². The highest BCUT2D eigenvalue weighted by molar-refractivity contribution is 6.22. The molecule has 4 amide bonds. The summed E-state index contributed by atoms with van der Waals surface area (Å²) in [7, 11) is 0. The van der Waals surface area contributed by atoms with Gasteiger partial charge in [0.1, 0.15) is 17.3 Å². The number of imide groups is 1. The van der Waals surface area contributed by atoms with Crippen molar-refractivity contribution in [2.75, 3.05) is 46.7 Å². The van der Waals surface area contributed by atoms with Crippen LogP contribution in [0.4, 0.5) is 31.5 Å². The van der Waals surface area contributed by atoms with Crippen LogP contribution in [0.3, 0.4) is 0 Å². The van der Waals surface area contributed by atoms with E-state index in [1.807, 2.05) is 24.3 Å². The number of anilines is 4. The van der Waals surface area contributed by atoms with Gasteiger partial charge in [-0.15, -0.1) is 12.8 Å². The second-order valence-electron chi connectivity index (χ2n) is 12.6. The highest BCUT2D eigenvalue weighted by Crippen LogP contribution is 2.43. The summed E-state index contributed by atoms with van der Waals surface area (Å²) in [5.74, 6) is 0.346. The highest BCUT2D eigenvalue weighted by atomic mass is 19.1. The number of benzene rings is 2. The van der Waals surface area contributed by atoms with Crippen molar-refractivity contribution in [1.82, 2.24) is 0 Å². The molecular weight excluding hydrogens is 694 g/mol. The molecule has 13 nitrogen and oxygen atoms in total. The van der Waals surface area contributed by atoms with Crippen LogP contribution in [0, 0.1) is 60.0 Å². The second kappa shape index (κ2) is 15.0. The molecule has 0 bridgehead atoms. The van der Waals surface area contributed by atoms with Crippen molar-refractivity contribution in [3.05, 3.63) is 60.2 Å². The number of hydrogen-bond acceptors (Lipinski definition) is 10. The molecule has 2 aromatic carbocycles. The number of nitrogens with zero attached hydrogens (tertiary/aromatic N) is 3. The maximum atomic E-state index is 14.7. The van der Waals surface area contributed by atoms with Gasteiger partial charge in [0.25, 0.3) is 11.8 Å². The predicted octanol–water partition coefficient (Wildman–Crippen LogP) is 3.06. The molecule has 2 aromatic rings. The second-order valence-corrected chi connectivity index (χ2v) is 12.6. The van der Waals surface area contributed by atoms with Crippen molar-refractivity contribution < 1.29 is 51.8 Å². The Balaban J connectivity index is 0.000000151. The monoisotopic (exact) mass is 726 g/mol. The molecule has 8 rings (SSSR count). The summed E-state index contributed by atoms with van der Waals surface area (Å²) in [6.07, 6.45) is 20.3. The number of halogens is 2. The van der Waals surface area contributed by atoms with E-state index in [1.165, 1.54) is 21.9 Å². The van der Waals surface area contributed by atoms with Gasteiger partial charge in [0.2, 0.25) is 11.8 Å². The van der Waals surface area contributed by atoms with Crippen LogP contribution in [0.1, 0.15) is 25.7 Å². The SMILES string of the molecule is C#CCN1C(=O)COc2cc(F)c(N)cc21.C#CCN1C(=O)COc2cc(F)c(N3C(=O)C4CC=CCC4C3=O)cc21.O=C1OC(=O)C2CC=CCC12. The van der Waals surface area contributed by atoms with Crippen molar-refractivity contribution >= 4 is 58.3 Å². The number of esters is 2. The molecule has 2 N–H and O–H groups in total. The van der Waals surface area contributed by atoms with E-state index in [1.54, 1.807) is 0 Å². The summed E-state index contributed by atoms with van der Waals surface area (Å²) in [4.78, 5) is 74.4. The molecular formula is C38H32F2N4O9. The average molecular weight is 727 g/mol. The highest BCUT2D eigenvalue weighted by Gasteiger charge is 2.49. The van der Waals surface area contributed by atoms with E-state index in [9.17, 15) is 37.5 Å². The number of ether oxygens (including phenoxy) is 3. The molecule has 0 aromatic heterocycles. The number of terminal acetylenes is 2. The van der Waals surface area contributed by atoms with Crippen LogP contribution in [0.2, 0.25) is 0 Å². The van der Waals surface area contributed by atoms with E-state index in [2.05, 4.69) is 16.6 Å². The zero-order valence-electron chi connectivity index (χ0n) is 28.1.